The van der Waals surface area contributed by atoms with E-state index in [-0.39, 0.29) is 24.1 Å². The molecule has 1 amide bonds. The third kappa shape index (κ3) is 5.65. The highest BCUT2D eigenvalue weighted by Crippen LogP contribution is 2.26. The maximum Gasteiger partial charge on any atom is 0.225 e. The summed E-state index contributed by atoms with van der Waals surface area (Å²) in [5.74, 6) is -0.103. The Morgan fingerprint density at radius 1 is 1.40 bits per heavy atom. The topological polar surface area (TPSA) is 76.1 Å². The van der Waals surface area contributed by atoms with Gasteiger partial charge < -0.3 is 15.4 Å². The molecule has 1 saturated heterocycles. The summed E-state index contributed by atoms with van der Waals surface area (Å²) in [5.41, 5.74) is 0.203. The summed E-state index contributed by atoms with van der Waals surface area (Å²) in [6, 6.07) is 6.12. The fourth-order valence-corrected chi connectivity index (χ4v) is 4.12. The van der Waals surface area contributed by atoms with Crippen LogP contribution in [-0.4, -0.2) is 41.1 Å². The number of anilines is 2. The van der Waals surface area contributed by atoms with Crippen LogP contribution in [0, 0.1) is 5.82 Å². The van der Waals surface area contributed by atoms with Crippen LogP contribution >= 0.6 is 23.1 Å². The summed E-state index contributed by atoms with van der Waals surface area (Å²) in [5, 5.41) is 14.7. The Bertz CT molecular complexity index is 707. The quantitative estimate of drug-likeness (QED) is 0.682. The first kappa shape index (κ1) is 18.1. The smallest absolute Gasteiger partial charge is 0.225 e. The molecular weight excluding hydrogens is 363 g/mol. The number of nitrogens with zero attached hydrogens (tertiary/aromatic N) is 2. The number of benzene rings is 1. The number of thioether (sulfide) groups is 1. The number of hydrogen-bond acceptors (Lipinski definition) is 7. The summed E-state index contributed by atoms with van der Waals surface area (Å²) in [6.45, 7) is 1.57. The third-order valence-corrected chi connectivity index (χ3v) is 5.63. The first-order chi connectivity index (χ1) is 12.2. The van der Waals surface area contributed by atoms with E-state index in [1.807, 2.05) is 0 Å². The van der Waals surface area contributed by atoms with E-state index in [0.717, 1.165) is 35.5 Å². The molecule has 3 rings (SSSR count). The number of carbonyl (C=O) groups is 1. The van der Waals surface area contributed by atoms with Crippen molar-refractivity contribution in [2.75, 3.05) is 29.5 Å². The van der Waals surface area contributed by atoms with Crippen molar-refractivity contribution in [2.45, 2.75) is 29.7 Å². The lowest BCUT2D eigenvalue weighted by Crippen LogP contribution is -2.18. The number of ether oxygens (including phenoxy) is 1. The average Bonchev–Trinajstić information content (AvgIpc) is 3.27. The van der Waals surface area contributed by atoms with Crippen LogP contribution in [0.25, 0.3) is 0 Å². The largest absolute Gasteiger partial charge is 0.376 e. The number of carbonyl (C=O) groups excluding carboxylic acids is 1. The van der Waals surface area contributed by atoms with Gasteiger partial charge in [0.25, 0.3) is 0 Å². The second-order valence-corrected chi connectivity index (χ2v) is 7.84. The number of halogens is 1. The number of para-hydroxylation sites is 1. The van der Waals surface area contributed by atoms with E-state index < -0.39 is 5.82 Å². The molecule has 0 spiro atoms. The molecule has 0 saturated carbocycles. The van der Waals surface area contributed by atoms with Gasteiger partial charge in [0.15, 0.2) is 4.34 Å². The lowest BCUT2D eigenvalue weighted by atomic mass is 10.2. The minimum Gasteiger partial charge on any atom is -0.376 e. The van der Waals surface area contributed by atoms with Crippen molar-refractivity contribution in [1.82, 2.24) is 10.2 Å². The summed E-state index contributed by atoms with van der Waals surface area (Å²) >= 11 is 2.92. The maximum atomic E-state index is 13.5. The van der Waals surface area contributed by atoms with Crippen LogP contribution in [0.15, 0.2) is 28.6 Å². The fourth-order valence-electron chi connectivity index (χ4n) is 2.35. The van der Waals surface area contributed by atoms with Gasteiger partial charge in [-0.2, -0.15) is 0 Å². The molecule has 2 aromatic rings. The highest BCUT2D eigenvalue weighted by Gasteiger charge is 2.16. The van der Waals surface area contributed by atoms with Gasteiger partial charge in [-0.1, -0.05) is 35.2 Å². The summed E-state index contributed by atoms with van der Waals surface area (Å²) in [4.78, 5) is 11.9. The van der Waals surface area contributed by atoms with Gasteiger partial charge in [0, 0.05) is 25.3 Å². The second kappa shape index (κ2) is 9.12. The molecule has 0 unspecified atom stereocenters. The van der Waals surface area contributed by atoms with Gasteiger partial charge >= 0.3 is 0 Å². The van der Waals surface area contributed by atoms with Crippen LogP contribution in [0.3, 0.4) is 0 Å². The Morgan fingerprint density at radius 2 is 2.28 bits per heavy atom. The Morgan fingerprint density at radius 3 is 3.08 bits per heavy atom. The minimum absolute atomic E-state index is 0.203. The first-order valence-corrected chi connectivity index (χ1v) is 9.87. The fraction of sp³-hybridized carbons (Fsp3) is 0.438. The SMILES string of the molecule is O=C(CCSc1nnc(NC[C@@H]2CCCO2)s1)Nc1ccccc1F. The zero-order chi connectivity index (χ0) is 17.5. The molecule has 1 aliphatic heterocycles. The number of amides is 1. The van der Waals surface area contributed by atoms with E-state index in [1.165, 1.54) is 35.2 Å². The van der Waals surface area contributed by atoms with Crippen LogP contribution in [0.2, 0.25) is 0 Å². The number of rotatable bonds is 8. The molecule has 1 atom stereocenters. The van der Waals surface area contributed by atoms with Crippen LogP contribution < -0.4 is 10.6 Å². The lowest BCUT2D eigenvalue weighted by molar-refractivity contribution is -0.115. The summed E-state index contributed by atoms with van der Waals surface area (Å²) in [7, 11) is 0. The molecule has 1 aliphatic rings. The molecular formula is C16H19FN4O2S2. The summed E-state index contributed by atoms with van der Waals surface area (Å²) in [6.07, 6.45) is 2.71. The zero-order valence-corrected chi connectivity index (χ0v) is 15.2. The van der Waals surface area contributed by atoms with Gasteiger partial charge in [-0.05, 0) is 25.0 Å². The molecule has 1 fully saturated rings. The van der Waals surface area contributed by atoms with Crippen molar-refractivity contribution in [2.24, 2.45) is 0 Å². The number of aromatic nitrogens is 2. The summed E-state index contributed by atoms with van der Waals surface area (Å²) < 4.78 is 19.8. The van der Waals surface area contributed by atoms with Crippen LogP contribution in [0.4, 0.5) is 15.2 Å². The Labute approximate surface area is 153 Å². The Hall–Kier alpha value is -1.71. The van der Waals surface area contributed by atoms with E-state index in [9.17, 15) is 9.18 Å². The van der Waals surface area contributed by atoms with Crippen LogP contribution in [0.1, 0.15) is 19.3 Å². The Kier molecular flexibility index (Phi) is 6.60. The average molecular weight is 382 g/mol. The van der Waals surface area contributed by atoms with Gasteiger partial charge in [0.2, 0.25) is 11.0 Å². The zero-order valence-electron chi connectivity index (χ0n) is 13.5. The van der Waals surface area contributed by atoms with Gasteiger partial charge in [-0.25, -0.2) is 4.39 Å². The number of hydrogen-bond donors (Lipinski definition) is 2. The van der Waals surface area contributed by atoms with Gasteiger partial charge in [0.1, 0.15) is 5.82 Å². The molecule has 0 radical (unpaired) electrons. The predicted octanol–water partition coefficient (Wildman–Crippen LogP) is 3.39. The molecule has 6 nitrogen and oxygen atoms in total. The van der Waals surface area contributed by atoms with Crippen molar-refractivity contribution >= 4 is 39.8 Å². The van der Waals surface area contributed by atoms with E-state index in [2.05, 4.69) is 20.8 Å². The molecule has 0 bridgehead atoms. The molecule has 2 N–H and O–H groups in total. The number of nitrogens with one attached hydrogen (secondary N) is 2. The monoisotopic (exact) mass is 382 g/mol. The predicted molar refractivity (Wildman–Crippen MR) is 97.7 cm³/mol. The Balaban J connectivity index is 1.37. The highest BCUT2D eigenvalue weighted by molar-refractivity contribution is 8.01. The van der Waals surface area contributed by atoms with Crippen molar-refractivity contribution in [3.8, 4) is 0 Å². The molecule has 9 heteroatoms. The molecule has 134 valence electrons. The maximum absolute atomic E-state index is 13.5. The van der Waals surface area contributed by atoms with Gasteiger partial charge in [0.05, 0.1) is 11.8 Å². The van der Waals surface area contributed by atoms with Crippen LogP contribution in [-0.2, 0) is 9.53 Å². The van der Waals surface area contributed by atoms with Crippen molar-refractivity contribution in [3.05, 3.63) is 30.1 Å². The van der Waals surface area contributed by atoms with E-state index >= 15 is 0 Å². The van der Waals surface area contributed by atoms with E-state index in [0.29, 0.717) is 5.75 Å². The molecule has 25 heavy (non-hydrogen) atoms. The second-order valence-electron chi connectivity index (χ2n) is 5.52. The minimum atomic E-state index is -0.436. The first-order valence-electron chi connectivity index (χ1n) is 8.07. The van der Waals surface area contributed by atoms with E-state index in [1.54, 1.807) is 12.1 Å². The lowest BCUT2D eigenvalue weighted by Gasteiger charge is -2.08. The van der Waals surface area contributed by atoms with E-state index in [4.69, 9.17) is 4.74 Å². The normalized spacial score (nSPS) is 16.8. The highest BCUT2D eigenvalue weighted by atomic mass is 32.2. The van der Waals surface area contributed by atoms with Crippen molar-refractivity contribution in [1.29, 1.82) is 0 Å². The standard InChI is InChI=1S/C16H19FN4O2S2/c17-12-5-1-2-6-13(12)19-14(22)7-9-24-16-21-20-15(25-16)18-10-11-4-3-8-23-11/h1-2,5-6,11H,3-4,7-10H2,(H,18,20)(H,19,22)/t11-/m0/s1. The molecule has 1 aromatic heterocycles. The van der Waals surface area contributed by atoms with Crippen molar-refractivity contribution in [3.63, 3.8) is 0 Å². The molecule has 0 aliphatic carbocycles. The van der Waals surface area contributed by atoms with Gasteiger partial charge in [-0.15, -0.1) is 10.2 Å². The van der Waals surface area contributed by atoms with Gasteiger partial charge in [-0.3, -0.25) is 4.79 Å². The van der Waals surface area contributed by atoms with Crippen molar-refractivity contribution < 1.29 is 13.9 Å². The molecule has 1 aromatic carbocycles. The molecule has 2 heterocycles. The van der Waals surface area contributed by atoms with Crippen LogP contribution in [0.5, 0.6) is 0 Å². The third-order valence-electron chi connectivity index (χ3n) is 3.61.